The molecule has 1 amide bonds. The van der Waals surface area contributed by atoms with Crippen LogP contribution in [0.2, 0.25) is 0 Å². The van der Waals surface area contributed by atoms with Crippen molar-refractivity contribution in [3.05, 3.63) is 46.0 Å². The molecule has 0 saturated heterocycles. The molecule has 0 bridgehead atoms. The molecule has 104 valence electrons. The Hall–Kier alpha value is -1.13. The fourth-order valence-corrected chi connectivity index (χ4v) is 2.01. The molecule has 0 radical (unpaired) electrons. The van der Waals surface area contributed by atoms with Gasteiger partial charge in [-0.2, -0.15) is 0 Å². The Bertz CT molecular complexity index is 454. The van der Waals surface area contributed by atoms with Crippen LogP contribution in [0.25, 0.3) is 0 Å². The first-order chi connectivity index (χ1) is 8.95. The highest BCUT2D eigenvalue weighted by atomic mass is 79.9. The van der Waals surface area contributed by atoms with E-state index in [4.69, 9.17) is 0 Å². The van der Waals surface area contributed by atoms with Crippen molar-refractivity contribution in [3.63, 3.8) is 0 Å². The van der Waals surface area contributed by atoms with E-state index in [1.165, 1.54) is 0 Å². The molecule has 0 fully saturated rings. The van der Waals surface area contributed by atoms with Crippen molar-refractivity contribution in [2.45, 2.75) is 39.3 Å². The summed E-state index contributed by atoms with van der Waals surface area (Å²) in [5.74, 6) is -0.134. The van der Waals surface area contributed by atoms with Gasteiger partial charge in [-0.3, -0.25) is 4.79 Å². The number of nitrogens with one attached hydrogen (secondary N) is 1. The number of aliphatic hydroxyl groups excluding tert-OH is 1. The standard InChI is InChI=1S/C15H20BrNO2/c1-4-5-10(2)15(19)17-11(3)14(18)12-6-8-13(16)9-7-12/h5-9,11,14,18H,4H2,1-3H3,(H,17,19)/b10-5-. The van der Waals surface area contributed by atoms with Crippen LogP contribution in [-0.4, -0.2) is 17.1 Å². The number of hydrogen-bond donors (Lipinski definition) is 2. The van der Waals surface area contributed by atoms with Crippen LogP contribution in [0.4, 0.5) is 0 Å². The summed E-state index contributed by atoms with van der Waals surface area (Å²) < 4.78 is 0.960. The van der Waals surface area contributed by atoms with Crippen LogP contribution in [0.5, 0.6) is 0 Å². The fourth-order valence-electron chi connectivity index (χ4n) is 1.75. The molecule has 0 aliphatic carbocycles. The lowest BCUT2D eigenvalue weighted by Crippen LogP contribution is -2.37. The average Bonchev–Trinajstić information content (AvgIpc) is 2.38. The largest absolute Gasteiger partial charge is 0.386 e. The van der Waals surface area contributed by atoms with E-state index in [2.05, 4.69) is 21.2 Å². The van der Waals surface area contributed by atoms with Gasteiger partial charge in [0.05, 0.1) is 12.1 Å². The highest BCUT2D eigenvalue weighted by molar-refractivity contribution is 9.10. The first-order valence-electron chi connectivity index (χ1n) is 6.36. The Kier molecular flexibility index (Phi) is 6.25. The van der Waals surface area contributed by atoms with Crippen LogP contribution in [0.15, 0.2) is 40.4 Å². The lowest BCUT2D eigenvalue weighted by molar-refractivity contribution is -0.118. The van der Waals surface area contributed by atoms with Gasteiger partial charge in [0.15, 0.2) is 0 Å². The number of carbonyl (C=O) groups is 1. The van der Waals surface area contributed by atoms with Gasteiger partial charge >= 0.3 is 0 Å². The smallest absolute Gasteiger partial charge is 0.246 e. The van der Waals surface area contributed by atoms with Crippen LogP contribution < -0.4 is 5.32 Å². The van der Waals surface area contributed by atoms with Gasteiger partial charge in [0, 0.05) is 10.0 Å². The molecular formula is C15H20BrNO2. The van der Waals surface area contributed by atoms with E-state index in [9.17, 15) is 9.90 Å². The van der Waals surface area contributed by atoms with Crippen LogP contribution in [0.1, 0.15) is 38.9 Å². The molecule has 19 heavy (non-hydrogen) atoms. The van der Waals surface area contributed by atoms with Crippen molar-refractivity contribution in [1.29, 1.82) is 0 Å². The van der Waals surface area contributed by atoms with Crippen LogP contribution in [0, 0.1) is 0 Å². The Balaban J connectivity index is 2.67. The number of rotatable bonds is 5. The van der Waals surface area contributed by atoms with E-state index < -0.39 is 6.10 Å². The monoisotopic (exact) mass is 325 g/mol. The third-order valence-corrected chi connectivity index (χ3v) is 3.44. The van der Waals surface area contributed by atoms with Crippen molar-refractivity contribution in [2.24, 2.45) is 0 Å². The SMILES string of the molecule is CC/C=C(/C)C(=O)NC(C)C(O)c1ccc(Br)cc1. The zero-order valence-corrected chi connectivity index (χ0v) is 13.1. The van der Waals surface area contributed by atoms with E-state index in [1.807, 2.05) is 37.3 Å². The van der Waals surface area contributed by atoms with E-state index in [-0.39, 0.29) is 11.9 Å². The third-order valence-electron chi connectivity index (χ3n) is 2.91. The van der Waals surface area contributed by atoms with Gasteiger partial charge in [0.1, 0.15) is 0 Å². The van der Waals surface area contributed by atoms with E-state index >= 15 is 0 Å². The van der Waals surface area contributed by atoms with Gasteiger partial charge in [-0.05, 0) is 38.0 Å². The number of amides is 1. The lowest BCUT2D eigenvalue weighted by atomic mass is 10.0. The Morgan fingerprint density at radius 3 is 2.53 bits per heavy atom. The molecule has 0 saturated carbocycles. The molecule has 2 unspecified atom stereocenters. The summed E-state index contributed by atoms with van der Waals surface area (Å²) in [6, 6.07) is 7.08. The second-order valence-corrected chi connectivity index (χ2v) is 5.47. The Morgan fingerprint density at radius 1 is 1.42 bits per heavy atom. The van der Waals surface area contributed by atoms with Crippen LogP contribution in [-0.2, 0) is 4.79 Å². The minimum atomic E-state index is -0.716. The van der Waals surface area contributed by atoms with Crippen molar-refractivity contribution < 1.29 is 9.90 Å². The molecule has 1 aromatic carbocycles. The summed E-state index contributed by atoms with van der Waals surface area (Å²) in [6.07, 6.45) is 1.98. The topological polar surface area (TPSA) is 49.3 Å². The van der Waals surface area contributed by atoms with E-state index in [0.29, 0.717) is 5.57 Å². The van der Waals surface area contributed by atoms with Gasteiger partial charge in [0.25, 0.3) is 0 Å². The molecule has 1 rings (SSSR count). The minimum Gasteiger partial charge on any atom is -0.386 e. The first kappa shape index (κ1) is 15.9. The molecule has 1 aromatic rings. The average molecular weight is 326 g/mol. The summed E-state index contributed by atoms with van der Waals surface area (Å²) in [6.45, 7) is 5.55. The molecule has 4 heteroatoms. The molecule has 0 aliphatic rings. The van der Waals surface area contributed by atoms with Gasteiger partial charge in [-0.1, -0.05) is 41.1 Å². The second-order valence-electron chi connectivity index (χ2n) is 4.55. The maximum absolute atomic E-state index is 11.8. The number of aliphatic hydroxyl groups is 1. The fraction of sp³-hybridized carbons (Fsp3) is 0.400. The van der Waals surface area contributed by atoms with Gasteiger partial charge in [-0.25, -0.2) is 0 Å². The molecule has 0 spiro atoms. The normalized spacial score (nSPS) is 14.9. The number of halogens is 1. The van der Waals surface area contributed by atoms with E-state index in [0.717, 1.165) is 16.5 Å². The summed E-state index contributed by atoms with van der Waals surface area (Å²) >= 11 is 3.35. The highest BCUT2D eigenvalue weighted by Gasteiger charge is 2.18. The predicted octanol–water partition coefficient (Wildman–Crippen LogP) is 3.34. The first-order valence-corrected chi connectivity index (χ1v) is 7.16. The zero-order chi connectivity index (χ0) is 14.4. The quantitative estimate of drug-likeness (QED) is 0.816. The van der Waals surface area contributed by atoms with E-state index in [1.54, 1.807) is 13.8 Å². The number of carbonyl (C=O) groups excluding carboxylic acids is 1. The highest BCUT2D eigenvalue weighted by Crippen LogP contribution is 2.19. The zero-order valence-electron chi connectivity index (χ0n) is 11.5. The third kappa shape index (κ3) is 4.80. The molecule has 2 N–H and O–H groups in total. The van der Waals surface area contributed by atoms with Crippen molar-refractivity contribution in [1.82, 2.24) is 5.32 Å². The summed E-state index contributed by atoms with van der Waals surface area (Å²) in [4.78, 5) is 11.8. The number of allylic oxidation sites excluding steroid dienone is 1. The van der Waals surface area contributed by atoms with Gasteiger partial charge < -0.3 is 10.4 Å². The van der Waals surface area contributed by atoms with Crippen LogP contribution >= 0.6 is 15.9 Å². The molecular weight excluding hydrogens is 306 g/mol. The van der Waals surface area contributed by atoms with Crippen molar-refractivity contribution in [3.8, 4) is 0 Å². The van der Waals surface area contributed by atoms with Crippen molar-refractivity contribution in [2.75, 3.05) is 0 Å². The maximum atomic E-state index is 11.8. The van der Waals surface area contributed by atoms with Gasteiger partial charge in [0.2, 0.25) is 5.91 Å². The van der Waals surface area contributed by atoms with Crippen molar-refractivity contribution >= 4 is 21.8 Å². The summed E-state index contributed by atoms with van der Waals surface area (Å²) in [5, 5.41) is 13.0. The van der Waals surface area contributed by atoms with Crippen LogP contribution in [0.3, 0.4) is 0 Å². The molecule has 0 heterocycles. The minimum absolute atomic E-state index is 0.134. The maximum Gasteiger partial charge on any atom is 0.246 e. The number of hydrogen-bond acceptors (Lipinski definition) is 2. The Labute approximate surface area is 122 Å². The molecule has 0 aliphatic heterocycles. The summed E-state index contributed by atoms with van der Waals surface area (Å²) in [5.41, 5.74) is 1.46. The molecule has 0 aromatic heterocycles. The summed E-state index contributed by atoms with van der Waals surface area (Å²) in [7, 11) is 0. The second kappa shape index (κ2) is 7.46. The molecule has 3 nitrogen and oxygen atoms in total. The lowest BCUT2D eigenvalue weighted by Gasteiger charge is -2.21. The number of benzene rings is 1. The predicted molar refractivity (Wildman–Crippen MR) is 80.8 cm³/mol. The Morgan fingerprint density at radius 2 is 2.00 bits per heavy atom. The molecule has 2 atom stereocenters. The van der Waals surface area contributed by atoms with Gasteiger partial charge in [-0.15, -0.1) is 0 Å².